The van der Waals surface area contributed by atoms with E-state index >= 15 is 0 Å². The highest BCUT2D eigenvalue weighted by molar-refractivity contribution is 5.12. The summed E-state index contributed by atoms with van der Waals surface area (Å²) < 4.78 is 0. The Balaban J connectivity index is 3.04. The zero-order valence-electron chi connectivity index (χ0n) is 8.77. The average Bonchev–Trinajstić information content (AvgIpc) is 2.14. The first-order chi connectivity index (χ1) is 6.69. The highest BCUT2D eigenvalue weighted by Crippen LogP contribution is 1.98. The van der Waals surface area contributed by atoms with E-state index in [4.69, 9.17) is 0 Å². The molecule has 0 radical (unpaired) electrons. The second-order valence-electron chi connectivity index (χ2n) is 3.14. The molecule has 0 fully saturated rings. The normalized spacial score (nSPS) is 10.5. The van der Waals surface area contributed by atoms with Crippen LogP contribution >= 0.6 is 0 Å². The van der Waals surface area contributed by atoms with Crippen molar-refractivity contribution in [3.63, 3.8) is 0 Å². The topological polar surface area (TPSA) is 69.8 Å². The molecule has 0 atom stereocenters. The van der Waals surface area contributed by atoms with E-state index in [1.807, 2.05) is 14.0 Å². The molecule has 0 aliphatic carbocycles. The Morgan fingerprint density at radius 2 is 1.93 bits per heavy atom. The van der Waals surface area contributed by atoms with Gasteiger partial charge >= 0.3 is 0 Å². The Morgan fingerprint density at radius 1 is 1.29 bits per heavy atom. The predicted octanol–water partition coefficient (Wildman–Crippen LogP) is -0.483. The maximum Gasteiger partial charge on any atom is 0.271 e. The summed E-state index contributed by atoms with van der Waals surface area (Å²) in [4.78, 5) is 18.5. The lowest BCUT2D eigenvalue weighted by Crippen LogP contribution is -2.24. The summed E-state index contributed by atoms with van der Waals surface area (Å²) in [5, 5.41) is 5.88. The molecule has 3 N–H and O–H groups in total. The third-order valence-corrected chi connectivity index (χ3v) is 1.96. The van der Waals surface area contributed by atoms with Crippen LogP contribution in [0.2, 0.25) is 0 Å². The molecule has 14 heavy (non-hydrogen) atoms. The second kappa shape index (κ2) is 4.88. The lowest BCUT2D eigenvalue weighted by atomic mass is 10.3. The maximum absolute atomic E-state index is 11.5. The first kappa shape index (κ1) is 10.9. The predicted molar refractivity (Wildman–Crippen MR) is 55.1 cm³/mol. The molecule has 5 nitrogen and oxygen atoms in total. The van der Waals surface area contributed by atoms with Crippen molar-refractivity contribution in [2.24, 2.45) is 0 Å². The molecular formula is C9H16N4O. The van der Waals surface area contributed by atoms with Crippen molar-refractivity contribution in [2.45, 2.75) is 20.0 Å². The first-order valence-corrected chi connectivity index (χ1v) is 4.57. The van der Waals surface area contributed by atoms with E-state index in [0.29, 0.717) is 18.8 Å². The monoisotopic (exact) mass is 196 g/mol. The van der Waals surface area contributed by atoms with Gasteiger partial charge in [0.05, 0.1) is 11.4 Å². The number of hydrogen-bond donors (Lipinski definition) is 3. The molecule has 0 unspecified atom stereocenters. The van der Waals surface area contributed by atoms with Gasteiger partial charge in [0.15, 0.2) is 0 Å². The zero-order chi connectivity index (χ0) is 10.6. The van der Waals surface area contributed by atoms with E-state index < -0.39 is 0 Å². The van der Waals surface area contributed by atoms with Crippen LogP contribution in [0.25, 0.3) is 0 Å². The second-order valence-corrected chi connectivity index (χ2v) is 3.14. The molecule has 0 saturated carbocycles. The number of nitrogens with zero attached hydrogens (tertiary/aromatic N) is 1. The molecule has 0 spiro atoms. The van der Waals surface area contributed by atoms with Crippen molar-refractivity contribution >= 4 is 0 Å². The zero-order valence-corrected chi connectivity index (χ0v) is 8.77. The Labute approximate surface area is 83.0 Å². The third-order valence-electron chi connectivity index (χ3n) is 1.96. The van der Waals surface area contributed by atoms with Gasteiger partial charge in [-0.2, -0.15) is 0 Å². The Hall–Kier alpha value is -1.20. The molecule has 0 aromatic carbocycles. The number of aromatic nitrogens is 2. The van der Waals surface area contributed by atoms with Crippen LogP contribution in [0.3, 0.4) is 0 Å². The van der Waals surface area contributed by atoms with Gasteiger partial charge in [-0.15, -0.1) is 0 Å². The van der Waals surface area contributed by atoms with Crippen molar-refractivity contribution in [3.8, 4) is 0 Å². The summed E-state index contributed by atoms with van der Waals surface area (Å²) in [5.41, 5.74) is 2.13. The number of nitrogens with one attached hydrogen (secondary N) is 3. The average molecular weight is 196 g/mol. The van der Waals surface area contributed by atoms with Crippen LogP contribution in [0.5, 0.6) is 0 Å². The van der Waals surface area contributed by atoms with Gasteiger partial charge < -0.3 is 15.6 Å². The molecule has 0 aliphatic rings. The first-order valence-electron chi connectivity index (χ1n) is 4.57. The maximum atomic E-state index is 11.5. The van der Waals surface area contributed by atoms with Crippen LogP contribution < -0.4 is 16.2 Å². The lowest BCUT2D eigenvalue weighted by Gasteiger charge is -2.06. The fourth-order valence-corrected chi connectivity index (χ4v) is 1.26. The van der Waals surface area contributed by atoms with Gasteiger partial charge in [0.1, 0.15) is 5.69 Å². The Morgan fingerprint density at radius 3 is 2.50 bits per heavy atom. The van der Waals surface area contributed by atoms with Gasteiger partial charge in [0, 0.05) is 13.1 Å². The Bertz CT molecular complexity index is 358. The van der Waals surface area contributed by atoms with E-state index in [1.54, 1.807) is 7.05 Å². The van der Waals surface area contributed by atoms with Crippen LogP contribution in [0.15, 0.2) is 4.79 Å². The SMILES string of the molecule is CNCc1[nH]c(=O)c(CNC)nc1C. The van der Waals surface area contributed by atoms with Crippen molar-refractivity contribution < 1.29 is 0 Å². The minimum atomic E-state index is -0.116. The number of H-pyrrole nitrogens is 1. The third kappa shape index (κ3) is 2.40. The molecule has 0 amide bonds. The molecule has 1 heterocycles. The smallest absolute Gasteiger partial charge is 0.271 e. The molecule has 1 rings (SSSR count). The van der Waals surface area contributed by atoms with Crippen LogP contribution in [0.4, 0.5) is 0 Å². The highest BCUT2D eigenvalue weighted by Gasteiger charge is 2.05. The molecule has 5 heteroatoms. The summed E-state index contributed by atoms with van der Waals surface area (Å²) >= 11 is 0. The number of hydrogen-bond acceptors (Lipinski definition) is 4. The van der Waals surface area contributed by atoms with Crippen molar-refractivity contribution in [2.75, 3.05) is 14.1 Å². The quantitative estimate of drug-likeness (QED) is 0.608. The van der Waals surface area contributed by atoms with E-state index in [0.717, 1.165) is 11.4 Å². The molecule has 0 aliphatic heterocycles. The highest BCUT2D eigenvalue weighted by atomic mass is 16.1. The largest absolute Gasteiger partial charge is 0.322 e. The number of rotatable bonds is 4. The van der Waals surface area contributed by atoms with Gasteiger partial charge in [-0.25, -0.2) is 4.98 Å². The van der Waals surface area contributed by atoms with Crippen LogP contribution in [0.1, 0.15) is 17.1 Å². The minimum Gasteiger partial charge on any atom is -0.322 e. The summed E-state index contributed by atoms with van der Waals surface area (Å²) in [5.74, 6) is 0. The standard InChI is InChI=1S/C9H16N4O/c1-6-7(4-10-2)13-9(14)8(12-6)5-11-3/h10-11H,4-5H2,1-3H3,(H,13,14). The molecule has 78 valence electrons. The van der Waals surface area contributed by atoms with Crippen molar-refractivity contribution in [1.29, 1.82) is 0 Å². The van der Waals surface area contributed by atoms with E-state index in [1.165, 1.54) is 0 Å². The summed E-state index contributed by atoms with van der Waals surface area (Å²) in [6.07, 6.45) is 0. The summed E-state index contributed by atoms with van der Waals surface area (Å²) in [7, 11) is 3.62. The van der Waals surface area contributed by atoms with Gasteiger partial charge in [0.25, 0.3) is 5.56 Å². The fourth-order valence-electron chi connectivity index (χ4n) is 1.26. The molecular weight excluding hydrogens is 180 g/mol. The van der Waals surface area contributed by atoms with Crippen molar-refractivity contribution in [3.05, 3.63) is 27.4 Å². The fraction of sp³-hybridized carbons (Fsp3) is 0.556. The number of aryl methyl sites for hydroxylation is 1. The van der Waals surface area contributed by atoms with Crippen LogP contribution in [0, 0.1) is 6.92 Å². The van der Waals surface area contributed by atoms with Gasteiger partial charge in [0.2, 0.25) is 0 Å². The van der Waals surface area contributed by atoms with E-state index in [2.05, 4.69) is 20.6 Å². The molecule has 1 aromatic heterocycles. The molecule has 1 aromatic rings. The van der Waals surface area contributed by atoms with E-state index in [9.17, 15) is 4.79 Å². The lowest BCUT2D eigenvalue weighted by molar-refractivity contribution is 0.729. The summed E-state index contributed by atoms with van der Waals surface area (Å²) in [6.45, 7) is 3.02. The van der Waals surface area contributed by atoms with Gasteiger partial charge in [-0.05, 0) is 21.0 Å². The van der Waals surface area contributed by atoms with Crippen LogP contribution in [-0.4, -0.2) is 24.1 Å². The van der Waals surface area contributed by atoms with E-state index in [-0.39, 0.29) is 5.56 Å². The summed E-state index contributed by atoms with van der Waals surface area (Å²) in [6, 6.07) is 0. The van der Waals surface area contributed by atoms with Gasteiger partial charge in [-0.3, -0.25) is 4.79 Å². The molecule has 0 bridgehead atoms. The van der Waals surface area contributed by atoms with Crippen LogP contribution in [-0.2, 0) is 13.1 Å². The Kier molecular flexibility index (Phi) is 3.79. The minimum absolute atomic E-state index is 0.116. The van der Waals surface area contributed by atoms with Crippen molar-refractivity contribution in [1.82, 2.24) is 20.6 Å². The van der Waals surface area contributed by atoms with Gasteiger partial charge in [-0.1, -0.05) is 0 Å². The number of aromatic amines is 1. The molecule has 0 saturated heterocycles.